The molecule has 0 aromatic rings. The first-order valence-electron chi connectivity index (χ1n) is 4.90. The molecular weight excluding hydrogens is 188 g/mol. The fourth-order valence-electron chi connectivity index (χ4n) is 1.83. The van der Waals surface area contributed by atoms with Crippen LogP contribution in [0.25, 0.3) is 0 Å². The van der Waals surface area contributed by atoms with Crippen molar-refractivity contribution in [2.24, 2.45) is 0 Å². The molecule has 4 heteroatoms. The number of hydrogen-bond donors (Lipinski definition) is 1. The van der Waals surface area contributed by atoms with Gasteiger partial charge in [-0.1, -0.05) is 33.6 Å². The summed E-state index contributed by atoms with van der Waals surface area (Å²) < 4.78 is 30.7. The molecule has 0 radical (unpaired) electrons. The van der Waals surface area contributed by atoms with Crippen molar-refractivity contribution in [2.75, 3.05) is 0 Å². The maximum atomic E-state index is 11.2. The molecule has 0 aliphatic carbocycles. The smallest absolute Gasteiger partial charge is 0.270 e. The van der Waals surface area contributed by atoms with Gasteiger partial charge in [-0.2, -0.15) is 8.42 Å². The van der Waals surface area contributed by atoms with Crippen LogP contribution in [0.15, 0.2) is 0 Å². The van der Waals surface area contributed by atoms with Crippen molar-refractivity contribution in [3.63, 3.8) is 0 Å². The van der Waals surface area contributed by atoms with Crippen molar-refractivity contribution < 1.29 is 13.0 Å². The molecule has 0 aliphatic heterocycles. The summed E-state index contributed by atoms with van der Waals surface area (Å²) in [7, 11) is -3.90. The van der Waals surface area contributed by atoms with Gasteiger partial charge < -0.3 is 0 Å². The highest BCUT2D eigenvalue weighted by Gasteiger charge is 2.39. The van der Waals surface area contributed by atoms with Crippen LogP contribution in [0.2, 0.25) is 0 Å². The Morgan fingerprint density at radius 1 is 1.08 bits per heavy atom. The van der Waals surface area contributed by atoms with Gasteiger partial charge in [0.1, 0.15) is 0 Å². The molecule has 3 nitrogen and oxygen atoms in total. The molecule has 80 valence electrons. The Bertz CT molecular complexity index is 225. The molecule has 0 fully saturated rings. The van der Waals surface area contributed by atoms with Gasteiger partial charge in [-0.05, 0) is 19.3 Å². The van der Waals surface area contributed by atoms with E-state index in [9.17, 15) is 8.42 Å². The molecule has 0 aromatic carbocycles. The van der Waals surface area contributed by atoms with Crippen LogP contribution in [0.4, 0.5) is 0 Å². The molecule has 0 saturated carbocycles. The normalized spacial score (nSPS) is 13.2. The minimum Gasteiger partial charge on any atom is -0.285 e. The highest BCUT2D eigenvalue weighted by molar-refractivity contribution is 7.87. The molecule has 0 atom stereocenters. The standard InChI is InChI=1S/C9H20O3S/c1-4-7-9(6-3,8-5-2)13(10,11)12/h4-8H2,1-3H3,(H,10,11,12). The van der Waals surface area contributed by atoms with Gasteiger partial charge in [0.05, 0.1) is 4.75 Å². The van der Waals surface area contributed by atoms with E-state index >= 15 is 0 Å². The Hall–Kier alpha value is -0.0900. The van der Waals surface area contributed by atoms with Crippen molar-refractivity contribution in [1.82, 2.24) is 0 Å². The Morgan fingerprint density at radius 2 is 1.46 bits per heavy atom. The first-order valence-corrected chi connectivity index (χ1v) is 6.34. The summed E-state index contributed by atoms with van der Waals surface area (Å²) in [5.41, 5.74) is 0. The van der Waals surface area contributed by atoms with E-state index in [1.807, 2.05) is 20.8 Å². The minimum absolute atomic E-state index is 0.494. The third kappa shape index (κ3) is 2.95. The maximum absolute atomic E-state index is 11.2. The van der Waals surface area contributed by atoms with E-state index in [2.05, 4.69) is 0 Å². The molecule has 0 amide bonds. The van der Waals surface area contributed by atoms with Gasteiger partial charge >= 0.3 is 0 Å². The highest BCUT2D eigenvalue weighted by Crippen LogP contribution is 2.31. The molecule has 0 heterocycles. The Kier molecular flexibility index (Phi) is 4.92. The third-order valence-electron chi connectivity index (χ3n) is 2.60. The molecule has 0 aliphatic rings. The number of hydrogen-bond acceptors (Lipinski definition) is 2. The highest BCUT2D eigenvalue weighted by atomic mass is 32.2. The zero-order valence-corrected chi connectivity index (χ0v) is 9.52. The summed E-state index contributed by atoms with van der Waals surface area (Å²) in [4.78, 5) is 0. The molecule has 0 bridgehead atoms. The lowest BCUT2D eigenvalue weighted by Crippen LogP contribution is -2.37. The van der Waals surface area contributed by atoms with E-state index < -0.39 is 14.9 Å². The first kappa shape index (κ1) is 12.9. The van der Waals surface area contributed by atoms with Crippen LogP contribution < -0.4 is 0 Å². The van der Waals surface area contributed by atoms with Crippen LogP contribution in [0, 0.1) is 0 Å². The van der Waals surface area contributed by atoms with Crippen LogP contribution >= 0.6 is 0 Å². The summed E-state index contributed by atoms with van der Waals surface area (Å²) in [6.45, 7) is 5.69. The zero-order chi connectivity index (χ0) is 10.5. The fraction of sp³-hybridized carbons (Fsp3) is 1.00. The second-order valence-electron chi connectivity index (χ2n) is 3.51. The first-order chi connectivity index (χ1) is 5.93. The van der Waals surface area contributed by atoms with Gasteiger partial charge in [-0.15, -0.1) is 0 Å². The lowest BCUT2D eigenvalue weighted by Gasteiger charge is -2.28. The van der Waals surface area contributed by atoms with Crippen molar-refractivity contribution in [2.45, 2.75) is 57.6 Å². The quantitative estimate of drug-likeness (QED) is 0.683. The molecule has 0 aromatic heterocycles. The third-order valence-corrected chi connectivity index (χ3v) is 4.39. The zero-order valence-electron chi connectivity index (χ0n) is 8.71. The molecule has 0 rings (SSSR count). The lowest BCUT2D eigenvalue weighted by molar-refractivity contribution is 0.377. The second kappa shape index (κ2) is 4.96. The van der Waals surface area contributed by atoms with Gasteiger partial charge in [0.25, 0.3) is 10.1 Å². The van der Waals surface area contributed by atoms with Gasteiger partial charge in [-0.3, -0.25) is 4.55 Å². The maximum Gasteiger partial charge on any atom is 0.270 e. The van der Waals surface area contributed by atoms with Crippen molar-refractivity contribution in [1.29, 1.82) is 0 Å². The average molecular weight is 208 g/mol. The fourth-order valence-corrected chi connectivity index (χ4v) is 3.12. The molecule has 1 N–H and O–H groups in total. The summed E-state index contributed by atoms with van der Waals surface area (Å²) in [5.74, 6) is 0. The minimum atomic E-state index is -3.90. The van der Waals surface area contributed by atoms with Gasteiger partial charge in [-0.25, -0.2) is 0 Å². The lowest BCUT2D eigenvalue weighted by atomic mass is 9.94. The molecule has 13 heavy (non-hydrogen) atoms. The number of rotatable bonds is 6. The van der Waals surface area contributed by atoms with Crippen LogP contribution in [0.1, 0.15) is 52.9 Å². The molecular formula is C9H20O3S. The molecule has 0 unspecified atom stereocenters. The van der Waals surface area contributed by atoms with Crippen LogP contribution in [-0.4, -0.2) is 17.7 Å². The predicted molar refractivity (Wildman–Crippen MR) is 54.4 cm³/mol. The van der Waals surface area contributed by atoms with Crippen LogP contribution in [0.5, 0.6) is 0 Å². The summed E-state index contributed by atoms with van der Waals surface area (Å²) in [6, 6.07) is 0. The van der Waals surface area contributed by atoms with E-state index in [0.29, 0.717) is 19.3 Å². The Balaban J connectivity index is 4.86. The largest absolute Gasteiger partial charge is 0.285 e. The van der Waals surface area contributed by atoms with E-state index in [-0.39, 0.29) is 0 Å². The molecule has 0 spiro atoms. The van der Waals surface area contributed by atoms with E-state index in [0.717, 1.165) is 12.8 Å². The van der Waals surface area contributed by atoms with Crippen LogP contribution in [-0.2, 0) is 10.1 Å². The van der Waals surface area contributed by atoms with Crippen molar-refractivity contribution in [3.05, 3.63) is 0 Å². The van der Waals surface area contributed by atoms with E-state index in [1.54, 1.807) is 0 Å². The van der Waals surface area contributed by atoms with E-state index in [4.69, 9.17) is 4.55 Å². The summed E-state index contributed by atoms with van der Waals surface area (Å²) >= 11 is 0. The average Bonchev–Trinajstić information content (AvgIpc) is 2.02. The topological polar surface area (TPSA) is 54.4 Å². The second-order valence-corrected chi connectivity index (χ2v) is 5.33. The Labute approximate surface area is 81.3 Å². The predicted octanol–water partition coefficient (Wildman–Crippen LogP) is 2.62. The summed E-state index contributed by atoms with van der Waals surface area (Å²) in [6.07, 6.45) is 3.17. The van der Waals surface area contributed by atoms with Crippen molar-refractivity contribution >= 4 is 10.1 Å². The van der Waals surface area contributed by atoms with Crippen LogP contribution in [0.3, 0.4) is 0 Å². The van der Waals surface area contributed by atoms with E-state index in [1.165, 1.54) is 0 Å². The summed E-state index contributed by atoms with van der Waals surface area (Å²) in [5, 5.41) is 0. The monoisotopic (exact) mass is 208 g/mol. The Morgan fingerprint density at radius 3 is 1.62 bits per heavy atom. The van der Waals surface area contributed by atoms with Gasteiger partial charge in [0, 0.05) is 0 Å². The molecule has 0 saturated heterocycles. The van der Waals surface area contributed by atoms with Crippen molar-refractivity contribution in [3.8, 4) is 0 Å². The van der Waals surface area contributed by atoms with Gasteiger partial charge in [0.2, 0.25) is 0 Å². The van der Waals surface area contributed by atoms with Gasteiger partial charge in [0.15, 0.2) is 0 Å². The SMILES string of the molecule is CCCC(CC)(CCC)S(=O)(=O)O.